The van der Waals surface area contributed by atoms with Crippen LogP contribution in [-0.4, -0.2) is 30.4 Å². The summed E-state index contributed by atoms with van der Waals surface area (Å²) in [5.74, 6) is 0.986. The number of carbonyl (C=O) groups excluding carboxylic acids is 1. The molecule has 1 saturated carbocycles. The molecule has 1 aliphatic rings. The van der Waals surface area contributed by atoms with E-state index in [1.54, 1.807) is 0 Å². The maximum atomic E-state index is 12.0. The van der Waals surface area contributed by atoms with Crippen molar-refractivity contribution in [2.45, 2.75) is 45.6 Å². The predicted molar refractivity (Wildman–Crippen MR) is 62.4 cm³/mol. The van der Waals surface area contributed by atoms with Gasteiger partial charge in [0.2, 0.25) is 5.91 Å². The van der Waals surface area contributed by atoms with E-state index in [-0.39, 0.29) is 17.9 Å². The van der Waals surface area contributed by atoms with E-state index in [0.29, 0.717) is 5.92 Å². The first-order valence-electron chi connectivity index (χ1n) is 6.03. The normalized spacial score (nSPS) is 25.9. The summed E-state index contributed by atoms with van der Waals surface area (Å²) in [5.41, 5.74) is 5.93. The molecule has 0 aromatic carbocycles. The van der Waals surface area contributed by atoms with Gasteiger partial charge in [-0.3, -0.25) is 4.79 Å². The second-order valence-corrected chi connectivity index (χ2v) is 5.14. The van der Waals surface area contributed by atoms with E-state index in [4.69, 9.17) is 5.73 Å². The summed E-state index contributed by atoms with van der Waals surface area (Å²) < 4.78 is 0. The molecule has 1 aliphatic carbocycles. The molecule has 2 atom stereocenters. The van der Waals surface area contributed by atoms with Crippen LogP contribution in [0.5, 0.6) is 0 Å². The highest BCUT2D eigenvalue weighted by Crippen LogP contribution is 2.25. The highest BCUT2D eigenvalue weighted by atomic mass is 16.2. The van der Waals surface area contributed by atoms with Crippen LogP contribution in [0.4, 0.5) is 0 Å². The first-order chi connectivity index (χ1) is 7.02. The minimum Gasteiger partial charge on any atom is -0.345 e. The summed E-state index contributed by atoms with van der Waals surface area (Å²) in [5, 5.41) is 0. The Bertz CT molecular complexity index is 216. The van der Waals surface area contributed by atoms with Gasteiger partial charge < -0.3 is 10.6 Å². The minimum atomic E-state index is 0.0853. The first kappa shape index (κ1) is 12.5. The molecule has 0 aromatic heterocycles. The van der Waals surface area contributed by atoms with Gasteiger partial charge in [0, 0.05) is 19.6 Å². The van der Waals surface area contributed by atoms with Gasteiger partial charge in [-0.15, -0.1) is 0 Å². The smallest absolute Gasteiger partial charge is 0.226 e. The minimum absolute atomic E-state index is 0.0853. The van der Waals surface area contributed by atoms with Gasteiger partial charge in [-0.05, 0) is 25.2 Å². The average Bonchev–Trinajstić information content (AvgIpc) is 2.59. The van der Waals surface area contributed by atoms with Gasteiger partial charge in [-0.2, -0.15) is 0 Å². The van der Waals surface area contributed by atoms with Crippen LogP contribution in [0.15, 0.2) is 0 Å². The number of nitrogens with zero attached hydrogens (tertiary/aromatic N) is 1. The Morgan fingerprint density at radius 2 is 2.13 bits per heavy atom. The van der Waals surface area contributed by atoms with Crippen molar-refractivity contribution >= 4 is 5.91 Å². The van der Waals surface area contributed by atoms with E-state index >= 15 is 0 Å². The second-order valence-electron chi connectivity index (χ2n) is 5.14. The summed E-state index contributed by atoms with van der Waals surface area (Å²) >= 11 is 0. The number of hydrogen-bond acceptors (Lipinski definition) is 2. The molecule has 0 radical (unpaired) electrons. The van der Waals surface area contributed by atoms with Crippen molar-refractivity contribution in [1.82, 2.24) is 4.90 Å². The third-order valence-corrected chi connectivity index (χ3v) is 3.30. The molecule has 0 bridgehead atoms. The zero-order chi connectivity index (χ0) is 11.4. The van der Waals surface area contributed by atoms with E-state index in [9.17, 15) is 4.79 Å². The zero-order valence-corrected chi connectivity index (χ0v) is 10.2. The molecule has 3 nitrogen and oxygen atoms in total. The maximum Gasteiger partial charge on any atom is 0.226 e. The van der Waals surface area contributed by atoms with E-state index < -0.39 is 0 Å². The summed E-state index contributed by atoms with van der Waals surface area (Å²) in [4.78, 5) is 13.9. The molecule has 0 heterocycles. The van der Waals surface area contributed by atoms with Gasteiger partial charge in [-0.25, -0.2) is 0 Å². The molecule has 88 valence electrons. The molecule has 2 N–H and O–H groups in total. The summed E-state index contributed by atoms with van der Waals surface area (Å²) in [6.45, 7) is 5.22. The Balaban J connectivity index is 2.38. The number of amides is 1. The van der Waals surface area contributed by atoms with Crippen molar-refractivity contribution in [2.75, 3.05) is 13.6 Å². The molecule has 1 rings (SSSR count). The molecule has 0 aromatic rings. The van der Waals surface area contributed by atoms with Crippen LogP contribution in [0, 0.1) is 11.8 Å². The molecular weight excluding hydrogens is 188 g/mol. The van der Waals surface area contributed by atoms with Gasteiger partial charge in [-0.1, -0.05) is 20.3 Å². The number of carbonyl (C=O) groups is 1. The molecule has 3 heteroatoms. The van der Waals surface area contributed by atoms with Gasteiger partial charge in [0.25, 0.3) is 0 Å². The fraction of sp³-hybridized carbons (Fsp3) is 0.917. The molecule has 1 amide bonds. The number of nitrogens with two attached hydrogens (primary N) is 1. The standard InChI is InChI=1S/C12H24N2O/c1-9(2)7-8-14(3)12(15)10-5-4-6-11(10)13/h9-11H,4-8,13H2,1-3H3. The lowest BCUT2D eigenvalue weighted by Crippen LogP contribution is -2.40. The van der Waals surface area contributed by atoms with Crippen LogP contribution in [-0.2, 0) is 4.79 Å². The summed E-state index contributed by atoms with van der Waals surface area (Å²) in [6, 6.07) is 0.0963. The Labute approximate surface area is 93.0 Å². The quantitative estimate of drug-likeness (QED) is 0.769. The van der Waals surface area contributed by atoms with Crippen molar-refractivity contribution in [3.05, 3.63) is 0 Å². The fourth-order valence-electron chi connectivity index (χ4n) is 2.14. The molecule has 2 unspecified atom stereocenters. The van der Waals surface area contributed by atoms with E-state index in [1.807, 2.05) is 11.9 Å². The Hall–Kier alpha value is -0.570. The van der Waals surface area contributed by atoms with Crippen molar-refractivity contribution < 1.29 is 4.79 Å². The Kier molecular flexibility index (Phi) is 4.58. The molecule has 0 saturated heterocycles. The fourth-order valence-corrected chi connectivity index (χ4v) is 2.14. The molecule has 0 aliphatic heterocycles. The third-order valence-electron chi connectivity index (χ3n) is 3.30. The number of hydrogen-bond donors (Lipinski definition) is 1. The van der Waals surface area contributed by atoms with Crippen LogP contribution in [0.3, 0.4) is 0 Å². The van der Waals surface area contributed by atoms with Gasteiger partial charge in [0.1, 0.15) is 0 Å². The topological polar surface area (TPSA) is 46.3 Å². The Morgan fingerprint density at radius 3 is 2.60 bits per heavy atom. The number of rotatable bonds is 4. The van der Waals surface area contributed by atoms with Crippen molar-refractivity contribution in [1.29, 1.82) is 0 Å². The zero-order valence-electron chi connectivity index (χ0n) is 10.2. The van der Waals surface area contributed by atoms with E-state index in [2.05, 4.69) is 13.8 Å². The third kappa shape index (κ3) is 3.49. The van der Waals surface area contributed by atoms with Crippen molar-refractivity contribution in [2.24, 2.45) is 17.6 Å². The van der Waals surface area contributed by atoms with Crippen molar-refractivity contribution in [3.63, 3.8) is 0 Å². The van der Waals surface area contributed by atoms with Crippen LogP contribution < -0.4 is 5.73 Å². The molecule has 15 heavy (non-hydrogen) atoms. The lowest BCUT2D eigenvalue weighted by Gasteiger charge is -2.24. The molecular formula is C12H24N2O. The van der Waals surface area contributed by atoms with E-state index in [0.717, 1.165) is 32.2 Å². The van der Waals surface area contributed by atoms with Crippen LogP contribution in [0.2, 0.25) is 0 Å². The van der Waals surface area contributed by atoms with Crippen LogP contribution >= 0.6 is 0 Å². The summed E-state index contributed by atoms with van der Waals surface area (Å²) in [6.07, 6.45) is 4.17. The Morgan fingerprint density at radius 1 is 1.47 bits per heavy atom. The SMILES string of the molecule is CC(C)CCN(C)C(=O)C1CCCC1N. The molecule has 1 fully saturated rings. The average molecular weight is 212 g/mol. The lowest BCUT2D eigenvalue weighted by atomic mass is 10.0. The van der Waals surface area contributed by atoms with Gasteiger partial charge >= 0.3 is 0 Å². The largest absolute Gasteiger partial charge is 0.345 e. The maximum absolute atomic E-state index is 12.0. The monoisotopic (exact) mass is 212 g/mol. The summed E-state index contributed by atoms with van der Waals surface area (Å²) in [7, 11) is 1.90. The first-order valence-corrected chi connectivity index (χ1v) is 6.03. The molecule has 0 spiro atoms. The van der Waals surface area contributed by atoms with Gasteiger partial charge in [0.05, 0.1) is 5.92 Å². The van der Waals surface area contributed by atoms with Gasteiger partial charge in [0.15, 0.2) is 0 Å². The highest BCUT2D eigenvalue weighted by molar-refractivity contribution is 5.79. The van der Waals surface area contributed by atoms with Crippen LogP contribution in [0.25, 0.3) is 0 Å². The highest BCUT2D eigenvalue weighted by Gasteiger charge is 2.31. The van der Waals surface area contributed by atoms with Crippen LogP contribution in [0.1, 0.15) is 39.5 Å². The second kappa shape index (κ2) is 5.50. The van der Waals surface area contributed by atoms with Crippen molar-refractivity contribution in [3.8, 4) is 0 Å². The predicted octanol–water partition coefficient (Wildman–Crippen LogP) is 1.62. The van der Waals surface area contributed by atoms with E-state index in [1.165, 1.54) is 0 Å². The lowest BCUT2D eigenvalue weighted by molar-refractivity contribution is -0.134.